The monoisotopic (exact) mass is 345 g/mol. The van der Waals surface area contributed by atoms with Crippen LogP contribution >= 0.6 is 0 Å². The van der Waals surface area contributed by atoms with E-state index in [-0.39, 0.29) is 19.1 Å². The van der Waals surface area contributed by atoms with E-state index in [0.29, 0.717) is 17.2 Å². The first-order valence-corrected chi connectivity index (χ1v) is 7.91. The average Bonchev–Trinajstić information content (AvgIpc) is 2.55. The second kappa shape index (κ2) is 8.41. The molecule has 2 amide bonds. The molecule has 0 spiro atoms. The van der Waals surface area contributed by atoms with Crippen LogP contribution in [0.25, 0.3) is 0 Å². The van der Waals surface area contributed by atoms with Gasteiger partial charge in [0.05, 0.1) is 12.7 Å². The summed E-state index contributed by atoms with van der Waals surface area (Å²) in [6, 6.07) is 6.87. The molecule has 1 atom stereocenters. The third kappa shape index (κ3) is 5.70. The first-order valence-electron chi connectivity index (χ1n) is 7.91. The van der Waals surface area contributed by atoms with E-state index in [1.165, 1.54) is 0 Å². The molecular weight excluding hydrogens is 322 g/mol. The maximum absolute atomic E-state index is 12.1. The number of hydrogen-bond donors (Lipinski definition) is 5. The molecule has 0 aliphatic rings. The lowest BCUT2D eigenvalue weighted by molar-refractivity contribution is 0.105. The minimum absolute atomic E-state index is 0.140. The Balaban J connectivity index is 2.02. The number of benzene rings is 1. The van der Waals surface area contributed by atoms with Crippen LogP contribution in [0.4, 0.5) is 22.2 Å². The van der Waals surface area contributed by atoms with Crippen molar-refractivity contribution < 1.29 is 15.0 Å². The number of rotatable bonds is 6. The van der Waals surface area contributed by atoms with E-state index in [0.717, 1.165) is 11.1 Å². The Kier molecular flexibility index (Phi) is 6.26. The molecule has 25 heavy (non-hydrogen) atoms. The van der Waals surface area contributed by atoms with E-state index < -0.39 is 12.1 Å². The second-order valence-electron chi connectivity index (χ2n) is 5.81. The van der Waals surface area contributed by atoms with Crippen LogP contribution in [0.1, 0.15) is 16.8 Å². The molecule has 134 valence electrons. The summed E-state index contributed by atoms with van der Waals surface area (Å²) in [5.41, 5.74) is 3.56. The molecule has 1 unspecified atom stereocenters. The van der Waals surface area contributed by atoms with Crippen molar-refractivity contribution in [1.82, 2.24) is 9.97 Å². The summed E-state index contributed by atoms with van der Waals surface area (Å²) in [4.78, 5) is 20.4. The number of carbonyl (C=O) groups excluding carboxylic acids is 1. The third-order valence-electron chi connectivity index (χ3n) is 3.57. The molecule has 8 nitrogen and oxygen atoms in total. The molecule has 5 N–H and O–H groups in total. The summed E-state index contributed by atoms with van der Waals surface area (Å²) in [5.74, 6) is 0.587. The van der Waals surface area contributed by atoms with Crippen LogP contribution in [0, 0.1) is 20.8 Å². The van der Waals surface area contributed by atoms with E-state index in [1.54, 1.807) is 13.0 Å². The lowest BCUT2D eigenvalue weighted by Gasteiger charge is -2.12. The van der Waals surface area contributed by atoms with Crippen LogP contribution in [0.5, 0.6) is 0 Å². The molecule has 0 aliphatic carbocycles. The Morgan fingerprint density at radius 2 is 1.88 bits per heavy atom. The minimum atomic E-state index is -0.889. The number of anilines is 3. The molecular formula is C17H23N5O3. The molecule has 8 heteroatoms. The maximum Gasteiger partial charge on any atom is 0.326 e. The van der Waals surface area contributed by atoms with Gasteiger partial charge in [-0.25, -0.2) is 9.78 Å². The molecule has 1 heterocycles. The van der Waals surface area contributed by atoms with Crippen molar-refractivity contribution in [2.75, 3.05) is 29.1 Å². The Hall–Kier alpha value is -2.71. The van der Waals surface area contributed by atoms with Crippen molar-refractivity contribution in [1.29, 1.82) is 0 Å². The fraction of sp³-hybridized carbons (Fsp3) is 0.353. The number of hydrogen-bond acceptors (Lipinski definition) is 6. The van der Waals surface area contributed by atoms with Gasteiger partial charge in [-0.15, -0.1) is 0 Å². The lowest BCUT2D eigenvalue weighted by atomic mass is 10.1. The van der Waals surface area contributed by atoms with Gasteiger partial charge in [0.15, 0.2) is 0 Å². The second-order valence-corrected chi connectivity index (χ2v) is 5.81. The Morgan fingerprint density at radius 3 is 2.56 bits per heavy atom. The molecule has 0 bridgehead atoms. The number of urea groups is 1. The number of aliphatic hydroxyl groups excluding tert-OH is 2. The largest absolute Gasteiger partial charge is 0.394 e. The van der Waals surface area contributed by atoms with Gasteiger partial charge in [-0.1, -0.05) is 6.07 Å². The Bertz CT molecular complexity index is 751. The molecule has 0 aliphatic heterocycles. The zero-order valence-electron chi connectivity index (χ0n) is 14.5. The van der Waals surface area contributed by atoms with Gasteiger partial charge in [-0.2, -0.15) is 4.98 Å². The van der Waals surface area contributed by atoms with Crippen molar-refractivity contribution in [3.63, 3.8) is 0 Å². The summed E-state index contributed by atoms with van der Waals surface area (Å²) in [5, 5.41) is 26.4. The number of nitrogens with zero attached hydrogens (tertiary/aromatic N) is 2. The highest BCUT2D eigenvalue weighted by Crippen LogP contribution is 2.15. The SMILES string of the molecule is Cc1cc(NCC(O)CO)nc(NC(=O)Nc2ccc(C)c(C)c2)n1. The van der Waals surface area contributed by atoms with Gasteiger partial charge in [0.25, 0.3) is 0 Å². The van der Waals surface area contributed by atoms with E-state index >= 15 is 0 Å². The highest BCUT2D eigenvalue weighted by atomic mass is 16.3. The number of nitrogens with one attached hydrogen (secondary N) is 3. The molecule has 0 radical (unpaired) electrons. The summed E-state index contributed by atoms with van der Waals surface area (Å²) in [6.45, 7) is 5.53. The van der Waals surface area contributed by atoms with Gasteiger partial charge in [0, 0.05) is 24.0 Å². The quantitative estimate of drug-likeness (QED) is 0.545. The summed E-state index contributed by atoms with van der Waals surface area (Å²) < 4.78 is 0. The average molecular weight is 345 g/mol. The molecule has 1 aromatic heterocycles. The minimum Gasteiger partial charge on any atom is -0.394 e. The number of aliphatic hydroxyl groups is 2. The third-order valence-corrected chi connectivity index (χ3v) is 3.57. The number of amides is 2. The maximum atomic E-state index is 12.1. The van der Waals surface area contributed by atoms with Crippen molar-refractivity contribution in [3.05, 3.63) is 41.1 Å². The topological polar surface area (TPSA) is 119 Å². The normalized spacial score (nSPS) is 11.7. The van der Waals surface area contributed by atoms with Crippen LogP contribution in [-0.4, -0.2) is 45.5 Å². The van der Waals surface area contributed by atoms with Gasteiger partial charge < -0.3 is 20.8 Å². The van der Waals surface area contributed by atoms with Crippen LogP contribution < -0.4 is 16.0 Å². The van der Waals surface area contributed by atoms with Crippen molar-refractivity contribution in [2.24, 2.45) is 0 Å². The first-order chi connectivity index (χ1) is 11.9. The van der Waals surface area contributed by atoms with E-state index in [2.05, 4.69) is 25.9 Å². The molecule has 2 aromatic rings. The van der Waals surface area contributed by atoms with Gasteiger partial charge in [0.1, 0.15) is 5.82 Å². The number of aromatic nitrogens is 2. The van der Waals surface area contributed by atoms with Crippen molar-refractivity contribution >= 4 is 23.5 Å². The van der Waals surface area contributed by atoms with Crippen LogP contribution in [-0.2, 0) is 0 Å². The van der Waals surface area contributed by atoms with Gasteiger partial charge in [0.2, 0.25) is 5.95 Å². The van der Waals surface area contributed by atoms with Crippen LogP contribution in [0.15, 0.2) is 24.3 Å². The van der Waals surface area contributed by atoms with E-state index in [4.69, 9.17) is 5.11 Å². The summed E-state index contributed by atoms with van der Waals surface area (Å²) in [6.07, 6.45) is -0.889. The standard InChI is InChI=1S/C17H23N5O3/c1-10-4-5-13(6-11(10)2)20-17(25)22-16-19-12(3)7-15(21-16)18-8-14(24)9-23/h4-7,14,23-24H,8-9H2,1-3H3,(H3,18,19,20,21,22,25). The zero-order chi connectivity index (χ0) is 18.4. The summed E-state index contributed by atoms with van der Waals surface area (Å²) >= 11 is 0. The van der Waals surface area contributed by atoms with Crippen LogP contribution in [0.2, 0.25) is 0 Å². The van der Waals surface area contributed by atoms with E-state index in [1.807, 2.05) is 32.0 Å². The Labute approximate surface area is 146 Å². The predicted octanol–water partition coefficient (Wildman–Crippen LogP) is 1.81. The highest BCUT2D eigenvalue weighted by Gasteiger charge is 2.09. The molecule has 0 fully saturated rings. The fourth-order valence-corrected chi connectivity index (χ4v) is 2.09. The predicted molar refractivity (Wildman–Crippen MR) is 96.9 cm³/mol. The summed E-state index contributed by atoms with van der Waals surface area (Å²) in [7, 11) is 0. The highest BCUT2D eigenvalue weighted by molar-refractivity contribution is 5.98. The number of carbonyl (C=O) groups is 1. The first kappa shape index (κ1) is 18.6. The van der Waals surface area contributed by atoms with Gasteiger partial charge in [-0.3, -0.25) is 5.32 Å². The van der Waals surface area contributed by atoms with Gasteiger partial charge >= 0.3 is 6.03 Å². The van der Waals surface area contributed by atoms with Crippen LogP contribution in [0.3, 0.4) is 0 Å². The fourth-order valence-electron chi connectivity index (χ4n) is 2.09. The smallest absolute Gasteiger partial charge is 0.326 e. The van der Waals surface area contributed by atoms with Crippen molar-refractivity contribution in [3.8, 4) is 0 Å². The molecule has 0 saturated carbocycles. The van der Waals surface area contributed by atoms with Gasteiger partial charge in [-0.05, 0) is 44.0 Å². The van der Waals surface area contributed by atoms with Crippen molar-refractivity contribution in [2.45, 2.75) is 26.9 Å². The molecule has 1 aromatic carbocycles. The van der Waals surface area contributed by atoms with E-state index in [9.17, 15) is 9.90 Å². The zero-order valence-corrected chi connectivity index (χ0v) is 14.5. The lowest BCUT2D eigenvalue weighted by Crippen LogP contribution is -2.24. The molecule has 0 saturated heterocycles. The Morgan fingerprint density at radius 1 is 1.12 bits per heavy atom. The number of aryl methyl sites for hydroxylation is 3. The molecule has 2 rings (SSSR count).